The van der Waals surface area contributed by atoms with Crippen molar-refractivity contribution in [3.8, 4) is 0 Å². The lowest BCUT2D eigenvalue weighted by Gasteiger charge is -2.26. The fourth-order valence-electron chi connectivity index (χ4n) is 2.62. The number of pyridine rings is 1. The van der Waals surface area contributed by atoms with Crippen LogP contribution >= 0.6 is 11.6 Å². The van der Waals surface area contributed by atoms with Crippen LogP contribution in [-0.2, 0) is 0 Å². The first-order valence-electron chi connectivity index (χ1n) is 7.76. The minimum Gasteiger partial charge on any atom is -0.384 e. The van der Waals surface area contributed by atoms with Crippen LogP contribution in [0.5, 0.6) is 0 Å². The summed E-state index contributed by atoms with van der Waals surface area (Å²) < 4.78 is 0. The molecule has 0 saturated carbocycles. The smallest absolute Gasteiger partial charge is 0.137 e. The minimum absolute atomic E-state index is 0.496. The molecule has 0 amide bonds. The Morgan fingerprint density at radius 1 is 1.33 bits per heavy atom. The molecule has 1 aliphatic heterocycles. The number of rotatable bonds is 7. The molecule has 1 aromatic rings. The summed E-state index contributed by atoms with van der Waals surface area (Å²) >= 11 is 5.96. The monoisotopic (exact) mass is 308 g/mol. The highest BCUT2D eigenvalue weighted by Crippen LogP contribution is 2.21. The van der Waals surface area contributed by atoms with Gasteiger partial charge >= 0.3 is 0 Å². The van der Waals surface area contributed by atoms with Crippen LogP contribution in [0.15, 0.2) is 18.7 Å². The number of piperidine rings is 1. The van der Waals surface area contributed by atoms with Crippen molar-refractivity contribution in [1.29, 1.82) is 0 Å². The van der Waals surface area contributed by atoms with Gasteiger partial charge in [-0.1, -0.05) is 24.6 Å². The van der Waals surface area contributed by atoms with E-state index in [1.165, 1.54) is 32.4 Å². The average Bonchev–Trinajstić information content (AvgIpc) is 2.49. The third-order valence-corrected chi connectivity index (χ3v) is 3.96. The molecular weight excluding hydrogens is 284 g/mol. The quantitative estimate of drug-likeness (QED) is 0.759. The highest BCUT2D eigenvalue weighted by molar-refractivity contribution is 6.29. The molecule has 1 saturated heterocycles. The molecule has 0 atom stereocenters. The van der Waals surface area contributed by atoms with E-state index in [2.05, 4.69) is 27.1 Å². The zero-order valence-electron chi connectivity index (χ0n) is 12.8. The van der Waals surface area contributed by atoms with Crippen LogP contribution in [-0.4, -0.2) is 42.6 Å². The van der Waals surface area contributed by atoms with Gasteiger partial charge in [0.15, 0.2) is 0 Å². The lowest BCUT2D eigenvalue weighted by atomic mass is 10.1. The van der Waals surface area contributed by atoms with Gasteiger partial charge in [-0.2, -0.15) is 0 Å². The van der Waals surface area contributed by atoms with E-state index in [1.807, 2.05) is 13.0 Å². The highest BCUT2D eigenvalue weighted by atomic mass is 35.5. The number of anilines is 1. The van der Waals surface area contributed by atoms with Crippen LogP contribution in [0.3, 0.4) is 0 Å². The summed E-state index contributed by atoms with van der Waals surface area (Å²) in [6, 6.07) is 3.76. The van der Waals surface area contributed by atoms with Crippen molar-refractivity contribution in [3.63, 3.8) is 0 Å². The van der Waals surface area contributed by atoms with Gasteiger partial charge in [0, 0.05) is 30.9 Å². The molecule has 2 N–H and O–H groups in total. The fraction of sp³-hybridized carbons (Fsp3) is 0.562. The molecule has 0 bridgehead atoms. The van der Waals surface area contributed by atoms with Crippen molar-refractivity contribution in [2.24, 2.45) is 0 Å². The van der Waals surface area contributed by atoms with Crippen LogP contribution in [0.1, 0.15) is 31.7 Å². The molecule has 4 nitrogen and oxygen atoms in total. The maximum Gasteiger partial charge on any atom is 0.137 e. The topological polar surface area (TPSA) is 40.2 Å². The zero-order valence-corrected chi connectivity index (χ0v) is 13.5. The molecule has 0 aliphatic carbocycles. The Labute approximate surface area is 132 Å². The van der Waals surface area contributed by atoms with Crippen molar-refractivity contribution in [2.75, 3.05) is 38.0 Å². The minimum atomic E-state index is 0.496. The first kappa shape index (κ1) is 16.1. The summed E-state index contributed by atoms with van der Waals surface area (Å²) in [6.07, 6.45) is 4.03. The summed E-state index contributed by atoms with van der Waals surface area (Å²) in [7, 11) is 0. The number of aromatic nitrogens is 1. The predicted molar refractivity (Wildman–Crippen MR) is 90.7 cm³/mol. The van der Waals surface area contributed by atoms with E-state index >= 15 is 0 Å². The SMILES string of the molecule is C=C(NCCN1CCCCC1)c1ccc(Cl)nc1NCC. The van der Waals surface area contributed by atoms with Gasteiger partial charge in [0.2, 0.25) is 0 Å². The largest absolute Gasteiger partial charge is 0.384 e. The predicted octanol–water partition coefficient (Wildman–Crippen LogP) is 3.21. The third-order valence-electron chi connectivity index (χ3n) is 3.75. The first-order chi connectivity index (χ1) is 10.2. The lowest BCUT2D eigenvalue weighted by molar-refractivity contribution is 0.232. The van der Waals surface area contributed by atoms with E-state index in [0.29, 0.717) is 5.15 Å². The molecule has 1 aromatic heterocycles. The fourth-order valence-corrected chi connectivity index (χ4v) is 2.77. The van der Waals surface area contributed by atoms with Crippen LogP contribution in [0.25, 0.3) is 5.70 Å². The van der Waals surface area contributed by atoms with Crippen LogP contribution in [0.2, 0.25) is 5.15 Å². The Hall–Kier alpha value is -1.26. The Kier molecular flexibility index (Phi) is 6.33. The van der Waals surface area contributed by atoms with Crippen molar-refractivity contribution in [3.05, 3.63) is 29.4 Å². The van der Waals surface area contributed by atoms with Gasteiger partial charge in [0.1, 0.15) is 11.0 Å². The van der Waals surface area contributed by atoms with Crippen molar-refractivity contribution >= 4 is 23.1 Å². The molecule has 5 heteroatoms. The van der Waals surface area contributed by atoms with Crippen molar-refractivity contribution in [2.45, 2.75) is 26.2 Å². The number of nitrogens with one attached hydrogen (secondary N) is 2. The molecule has 0 spiro atoms. The summed E-state index contributed by atoms with van der Waals surface area (Å²) in [4.78, 5) is 6.83. The van der Waals surface area contributed by atoms with Crippen molar-refractivity contribution in [1.82, 2.24) is 15.2 Å². The van der Waals surface area contributed by atoms with E-state index in [-0.39, 0.29) is 0 Å². The molecule has 21 heavy (non-hydrogen) atoms. The number of nitrogens with zero attached hydrogens (tertiary/aromatic N) is 2. The van der Waals surface area contributed by atoms with E-state index in [1.54, 1.807) is 6.07 Å². The van der Waals surface area contributed by atoms with E-state index in [4.69, 9.17) is 11.6 Å². The van der Waals surface area contributed by atoms with Gasteiger partial charge < -0.3 is 15.5 Å². The second-order valence-electron chi connectivity index (χ2n) is 5.37. The molecule has 0 aromatic carbocycles. The van der Waals surface area contributed by atoms with Gasteiger partial charge in [-0.3, -0.25) is 0 Å². The number of hydrogen-bond donors (Lipinski definition) is 2. The second-order valence-corrected chi connectivity index (χ2v) is 5.76. The maximum atomic E-state index is 5.96. The van der Waals surface area contributed by atoms with E-state index in [0.717, 1.165) is 36.7 Å². The van der Waals surface area contributed by atoms with Crippen LogP contribution in [0, 0.1) is 0 Å². The molecule has 2 rings (SSSR count). The van der Waals surface area contributed by atoms with Crippen molar-refractivity contribution < 1.29 is 0 Å². The third kappa shape index (κ3) is 4.90. The summed E-state index contributed by atoms with van der Waals surface area (Å²) in [5.41, 5.74) is 1.88. The molecule has 0 radical (unpaired) electrons. The Bertz CT molecular complexity index is 469. The molecular formula is C16H25ClN4. The number of halogens is 1. The molecule has 116 valence electrons. The lowest BCUT2D eigenvalue weighted by Crippen LogP contribution is -2.35. The van der Waals surface area contributed by atoms with Gasteiger partial charge in [-0.15, -0.1) is 0 Å². The van der Waals surface area contributed by atoms with Crippen LogP contribution < -0.4 is 10.6 Å². The molecule has 2 heterocycles. The summed E-state index contributed by atoms with van der Waals surface area (Å²) in [5.74, 6) is 0.792. The normalized spacial score (nSPS) is 15.7. The number of hydrogen-bond acceptors (Lipinski definition) is 4. The van der Waals surface area contributed by atoms with E-state index in [9.17, 15) is 0 Å². The first-order valence-corrected chi connectivity index (χ1v) is 8.14. The Morgan fingerprint density at radius 2 is 2.10 bits per heavy atom. The molecule has 1 aliphatic rings. The second kappa shape index (κ2) is 8.25. The maximum absolute atomic E-state index is 5.96. The summed E-state index contributed by atoms with van der Waals surface area (Å²) in [6.45, 7) is 11.4. The van der Waals surface area contributed by atoms with Crippen LogP contribution in [0.4, 0.5) is 5.82 Å². The molecule has 1 fully saturated rings. The van der Waals surface area contributed by atoms with Gasteiger partial charge in [0.25, 0.3) is 0 Å². The average molecular weight is 309 g/mol. The standard InChI is InChI=1S/C16H25ClN4/c1-3-18-16-14(7-8-15(17)20-16)13(2)19-9-12-21-10-5-4-6-11-21/h7-8,19H,2-6,9-12H2,1H3,(H,18,20). The van der Waals surface area contributed by atoms with Gasteiger partial charge in [-0.25, -0.2) is 4.98 Å². The zero-order chi connectivity index (χ0) is 15.1. The highest BCUT2D eigenvalue weighted by Gasteiger charge is 2.11. The Balaban J connectivity index is 1.87. The molecule has 0 unspecified atom stereocenters. The Morgan fingerprint density at radius 3 is 2.81 bits per heavy atom. The van der Waals surface area contributed by atoms with Gasteiger partial charge in [-0.05, 0) is 45.0 Å². The van der Waals surface area contributed by atoms with E-state index < -0.39 is 0 Å². The number of likely N-dealkylation sites (tertiary alicyclic amines) is 1. The summed E-state index contributed by atoms with van der Waals surface area (Å²) in [5, 5.41) is 7.13. The van der Waals surface area contributed by atoms with Gasteiger partial charge in [0.05, 0.1) is 0 Å².